The van der Waals surface area contributed by atoms with Crippen LogP contribution in [0.1, 0.15) is 6.42 Å². The first kappa shape index (κ1) is 18.2. The lowest BCUT2D eigenvalue weighted by molar-refractivity contribution is -0.118. The van der Waals surface area contributed by atoms with Crippen LogP contribution >= 0.6 is 23.4 Å². The Bertz CT molecular complexity index is 878. The fourth-order valence-electron chi connectivity index (χ4n) is 2.17. The summed E-state index contributed by atoms with van der Waals surface area (Å²) in [7, 11) is 0. The van der Waals surface area contributed by atoms with Gasteiger partial charge in [0.05, 0.1) is 12.1 Å². The second kappa shape index (κ2) is 8.64. The van der Waals surface area contributed by atoms with Crippen LogP contribution in [0.25, 0.3) is 0 Å². The zero-order chi connectivity index (χ0) is 18.4. The maximum absolute atomic E-state index is 11.9. The molecule has 1 amide bonds. The number of aliphatic imine (C=N–C) groups is 3. The first-order valence-electron chi connectivity index (χ1n) is 7.81. The molecule has 1 aliphatic heterocycles. The lowest BCUT2D eigenvalue weighted by atomic mass is 10.2. The first-order valence-corrected chi connectivity index (χ1v) is 9.17. The van der Waals surface area contributed by atoms with Crippen molar-refractivity contribution in [3.05, 3.63) is 59.6 Å². The molecule has 132 valence electrons. The van der Waals surface area contributed by atoms with Gasteiger partial charge in [0, 0.05) is 21.4 Å². The molecule has 6 nitrogen and oxygen atoms in total. The maximum Gasteiger partial charge on any atom is 0.232 e. The molecule has 1 aliphatic rings. The number of guanidine groups is 2. The van der Waals surface area contributed by atoms with E-state index in [-0.39, 0.29) is 24.2 Å². The number of carbonyl (C=O) groups is 1. The van der Waals surface area contributed by atoms with E-state index in [9.17, 15) is 4.79 Å². The highest BCUT2D eigenvalue weighted by molar-refractivity contribution is 8.00. The van der Waals surface area contributed by atoms with Gasteiger partial charge in [-0.1, -0.05) is 29.8 Å². The lowest BCUT2D eigenvalue weighted by Gasteiger charge is -2.14. The van der Waals surface area contributed by atoms with Gasteiger partial charge in [0.15, 0.2) is 0 Å². The van der Waals surface area contributed by atoms with Gasteiger partial charge in [-0.2, -0.15) is 4.99 Å². The molecule has 0 spiro atoms. The van der Waals surface area contributed by atoms with E-state index >= 15 is 0 Å². The average Bonchev–Trinajstić information content (AvgIpc) is 2.61. The molecular formula is C18H16ClN5OS. The monoisotopic (exact) mass is 385 g/mol. The molecule has 26 heavy (non-hydrogen) atoms. The Hall–Kier alpha value is -2.64. The van der Waals surface area contributed by atoms with E-state index in [1.54, 1.807) is 11.8 Å². The van der Waals surface area contributed by atoms with E-state index in [4.69, 9.17) is 17.3 Å². The SMILES string of the molecule is NC(=Nc1ccccc1)N=C1N=C(CSc2ccc(Cl)cc2)CC(=O)N1. The number of hydrogen-bond acceptors (Lipinski definition) is 3. The maximum atomic E-state index is 11.9. The minimum Gasteiger partial charge on any atom is -0.368 e. The molecule has 0 fully saturated rings. The van der Waals surface area contributed by atoms with Gasteiger partial charge in [0.25, 0.3) is 0 Å². The molecule has 0 aromatic heterocycles. The minimum absolute atomic E-state index is 0.0295. The Labute approximate surface area is 160 Å². The van der Waals surface area contributed by atoms with Crippen molar-refractivity contribution in [1.82, 2.24) is 5.32 Å². The third-order valence-corrected chi connectivity index (χ3v) is 4.65. The van der Waals surface area contributed by atoms with Crippen LogP contribution in [-0.4, -0.2) is 29.3 Å². The molecule has 1 heterocycles. The topological polar surface area (TPSA) is 92.2 Å². The van der Waals surface area contributed by atoms with Crippen LogP contribution in [0.5, 0.6) is 0 Å². The van der Waals surface area contributed by atoms with Crippen LogP contribution in [0, 0.1) is 0 Å². The molecule has 0 atom stereocenters. The number of rotatable bonds is 4. The van der Waals surface area contributed by atoms with Crippen LogP contribution in [0.2, 0.25) is 5.02 Å². The van der Waals surface area contributed by atoms with Crippen molar-refractivity contribution in [2.75, 3.05) is 5.75 Å². The third kappa shape index (κ3) is 5.44. The quantitative estimate of drug-likeness (QED) is 0.480. The molecule has 0 radical (unpaired) electrons. The molecule has 0 aliphatic carbocycles. The summed E-state index contributed by atoms with van der Waals surface area (Å²) in [5.74, 6) is 0.592. The largest absolute Gasteiger partial charge is 0.368 e. The number of halogens is 1. The van der Waals surface area contributed by atoms with Crippen LogP contribution in [0.15, 0.2) is 74.5 Å². The van der Waals surface area contributed by atoms with E-state index in [0.29, 0.717) is 16.5 Å². The Balaban J connectivity index is 1.71. The third-order valence-electron chi connectivity index (χ3n) is 3.32. The Morgan fingerprint density at radius 2 is 1.92 bits per heavy atom. The van der Waals surface area contributed by atoms with E-state index in [1.807, 2.05) is 54.6 Å². The Kier molecular flexibility index (Phi) is 6.04. The van der Waals surface area contributed by atoms with Gasteiger partial charge in [0.1, 0.15) is 0 Å². The minimum atomic E-state index is -0.169. The van der Waals surface area contributed by atoms with Crippen molar-refractivity contribution in [2.24, 2.45) is 20.7 Å². The van der Waals surface area contributed by atoms with Crippen molar-refractivity contribution in [3.8, 4) is 0 Å². The van der Waals surface area contributed by atoms with Gasteiger partial charge in [-0.15, -0.1) is 11.8 Å². The van der Waals surface area contributed by atoms with Crippen molar-refractivity contribution >= 4 is 52.6 Å². The van der Waals surface area contributed by atoms with Crippen molar-refractivity contribution in [2.45, 2.75) is 11.3 Å². The number of para-hydroxylation sites is 1. The number of benzene rings is 2. The lowest BCUT2D eigenvalue weighted by Crippen LogP contribution is -2.37. The summed E-state index contributed by atoms with van der Waals surface area (Å²) in [5, 5.41) is 3.29. The summed E-state index contributed by atoms with van der Waals surface area (Å²) >= 11 is 7.46. The first-order chi connectivity index (χ1) is 12.6. The Morgan fingerprint density at radius 3 is 2.65 bits per heavy atom. The van der Waals surface area contributed by atoms with E-state index in [1.165, 1.54) is 0 Å². The molecule has 3 N–H and O–H groups in total. The summed E-state index contributed by atoms with van der Waals surface area (Å²) in [6, 6.07) is 16.7. The molecule has 2 aromatic carbocycles. The van der Waals surface area contributed by atoms with Crippen molar-refractivity contribution in [3.63, 3.8) is 0 Å². The number of amides is 1. The van der Waals surface area contributed by atoms with E-state index in [2.05, 4.69) is 20.3 Å². The molecular weight excluding hydrogens is 370 g/mol. The summed E-state index contributed by atoms with van der Waals surface area (Å²) in [4.78, 5) is 25.6. The summed E-state index contributed by atoms with van der Waals surface area (Å²) in [5.41, 5.74) is 7.23. The number of hydrogen-bond donors (Lipinski definition) is 2. The molecule has 2 aromatic rings. The molecule has 3 rings (SSSR count). The molecule has 0 bridgehead atoms. The van der Waals surface area contributed by atoms with Gasteiger partial charge in [0.2, 0.25) is 17.8 Å². The van der Waals surface area contributed by atoms with Gasteiger partial charge in [-0.25, -0.2) is 9.98 Å². The van der Waals surface area contributed by atoms with Gasteiger partial charge >= 0.3 is 0 Å². The molecule has 0 saturated heterocycles. The van der Waals surface area contributed by atoms with Crippen LogP contribution in [0.3, 0.4) is 0 Å². The van der Waals surface area contributed by atoms with Crippen molar-refractivity contribution < 1.29 is 4.79 Å². The highest BCUT2D eigenvalue weighted by Crippen LogP contribution is 2.21. The second-order valence-electron chi connectivity index (χ2n) is 5.39. The van der Waals surface area contributed by atoms with E-state index < -0.39 is 0 Å². The summed E-state index contributed by atoms with van der Waals surface area (Å²) < 4.78 is 0. The van der Waals surface area contributed by atoms with Crippen LogP contribution < -0.4 is 11.1 Å². The number of nitrogens with one attached hydrogen (secondary N) is 1. The normalized spacial score (nSPS) is 16.3. The predicted octanol–water partition coefficient (Wildman–Crippen LogP) is 3.40. The van der Waals surface area contributed by atoms with Crippen LogP contribution in [0.4, 0.5) is 5.69 Å². The Morgan fingerprint density at radius 1 is 1.19 bits per heavy atom. The highest BCUT2D eigenvalue weighted by Gasteiger charge is 2.17. The summed E-state index contributed by atoms with van der Waals surface area (Å²) in [6.07, 6.45) is 0.231. The average molecular weight is 386 g/mol. The fourth-order valence-corrected chi connectivity index (χ4v) is 3.13. The number of nitrogens with zero attached hydrogens (tertiary/aromatic N) is 3. The zero-order valence-electron chi connectivity index (χ0n) is 13.7. The second-order valence-corrected chi connectivity index (χ2v) is 6.87. The predicted molar refractivity (Wildman–Crippen MR) is 108 cm³/mol. The highest BCUT2D eigenvalue weighted by atomic mass is 35.5. The number of nitrogens with two attached hydrogens (primary N) is 1. The fraction of sp³-hybridized carbons (Fsp3) is 0.111. The smallest absolute Gasteiger partial charge is 0.232 e. The van der Waals surface area contributed by atoms with Crippen LogP contribution in [-0.2, 0) is 4.79 Å². The summed E-state index contributed by atoms with van der Waals surface area (Å²) in [6.45, 7) is 0. The standard InChI is InChI=1S/C18H16ClN5OS/c19-12-6-8-15(9-7-12)26-11-14-10-16(25)23-18(22-14)24-17(20)21-13-4-2-1-3-5-13/h1-9H,10-11H2,(H3,20,21,23,24,25). The molecule has 8 heteroatoms. The van der Waals surface area contributed by atoms with Crippen molar-refractivity contribution in [1.29, 1.82) is 0 Å². The number of carbonyl (C=O) groups excluding carboxylic acids is 1. The van der Waals surface area contributed by atoms with E-state index in [0.717, 1.165) is 10.6 Å². The van der Waals surface area contributed by atoms with Gasteiger partial charge < -0.3 is 5.73 Å². The number of thioether (sulfide) groups is 1. The molecule has 0 saturated carbocycles. The van der Waals surface area contributed by atoms with Gasteiger partial charge in [-0.3, -0.25) is 10.1 Å². The van der Waals surface area contributed by atoms with Gasteiger partial charge in [-0.05, 0) is 36.4 Å². The zero-order valence-corrected chi connectivity index (χ0v) is 15.3. The molecule has 0 unspecified atom stereocenters.